The minimum Gasteiger partial charge on any atom is -0.465 e. The SMILES string of the molecule is CCOC(=O)[C@@H]1C(=O)C(=O)N(c2ccc(S(N)(=O)=O)cc2)[C@H]1c1cccc([N+](=O)[O-])c1. The average molecular weight is 447 g/mol. The molecule has 162 valence electrons. The molecule has 0 aliphatic carbocycles. The van der Waals surface area contributed by atoms with Crippen LogP contribution in [-0.2, 0) is 29.1 Å². The average Bonchev–Trinajstić information content (AvgIpc) is 2.98. The Morgan fingerprint density at radius 1 is 1.19 bits per heavy atom. The predicted octanol–water partition coefficient (Wildman–Crippen LogP) is 1.08. The van der Waals surface area contributed by atoms with Crippen molar-refractivity contribution in [1.29, 1.82) is 0 Å². The number of hydrogen-bond donors (Lipinski definition) is 1. The van der Waals surface area contributed by atoms with Gasteiger partial charge in [0.25, 0.3) is 11.6 Å². The summed E-state index contributed by atoms with van der Waals surface area (Å²) in [6.07, 6.45) is 0. The number of sulfonamides is 1. The molecule has 0 bridgehead atoms. The van der Waals surface area contributed by atoms with Gasteiger partial charge in [0.1, 0.15) is 5.92 Å². The summed E-state index contributed by atoms with van der Waals surface area (Å²) >= 11 is 0. The van der Waals surface area contributed by atoms with Gasteiger partial charge in [-0.2, -0.15) is 0 Å². The van der Waals surface area contributed by atoms with Gasteiger partial charge in [0.05, 0.1) is 22.5 Å². The minimum atomic E-state index is -4.00. The van der Waals surface area contributed by atoms with E-state index in [2.05, 4.69) is 0 Å². The molecule has 1 saturated heterocycles. The van der Waals surface area contributed by atoms with E-state index in [1.807, 2.05) is 0 Å². The van der Waals surface area contributed by atoms with Crippen molar-refractivity contribution in [3.8, 4) is 0 Å². The smallest absolute Gasteiger partial charge is 0.319 e. The number of esters is 1. The highest BCUT2D eigenvalue weighted by atomic mass is 32.2. The summed E-state index contributed by atoms with van der Waals surface area (Å²) in [6.45, 7) is 1.49. The summed E-state index contributed by atoms with van der Waals surface area (Å²) in [5.74, 6) is -4.56. The summed E-state index contributed by atoms with van der Waals surface area (Å²) in [5, 5.41) is 16.3. The van der Waals surface area contributed by atoms with Crippen LogP contribution >= 0.6 is 0 Å². The normalized spacial score (nSPS) is 18.8. The lowest BCUT2D eigenvalue weighted by atomic mass is 9.92. The second-order valence-electron chi connectivity index (χ2n) is 6.60. The lowest BCUT2D eigenvalue weighted by Crippen LogP contribution is -2.31. The molecule has 0 radical (unpaired) electrons. The van der Waals surface area contributed by atoms with E-state index in [0.717, 1.165) is 23.1 Å². The van der Waals surface area contributed by atoms with Gasteiger partial charge < -0.3 is 4.74 Å². The monoisotopic (exact) mass is 447 g/mol. The molecular weight excluding hydrogens is 430 g/mol. The third-order valence-electron chi connectivity index (χ3n) is 4.71. The number of nitro groups is 1. The van der Waals surface area contributed by atoms with Crippen LogP contribution in [0, 0.1) is 16.0 Å². The van der Waals surface area contributed by atoms with E-state index in [9.17, 15) is 32.9 Å². The van der Waals surface area contributed by atoms with Gasteiger partial charge in [-0.15, -0.1) is 0 Å². The fraction of sp³-hybridized carbons (Fsp3) is 0.211. The molecule has 12 heteroatoms. The lowest BCUT2D eigenvalue weighted by molar-refractivity contribution is -0.384. The van der Waals surface area contributed by atoms with Crippen LogP contribution < -0.4 is 10.0 Å². The van der Waals surface area contributed by atoms with E-state index in [4.69, 9.17) is 9.88 Å². The molecule has 1 amide bonds. The number of carbonyl (C=O) groups is 3. The van der Waals surface area contributed by atoms with Gasteiger partial charge in [-0.1, -0.05) is 12.1 Å². The maximum Gasteiger partial charge on any atom is 0.319 e. The van der Waals surface area contributed by atoms with E-state index in [1.54, 1.807) is 0 Å². The molecule has 0 unspecified atom stereocenters. The third kappa shape index (κ3) is 4.15. The van der Waals surface area contributed by atoms with E-state index >= 15 is 0 Å². The number of hydrogen-bond acceptors (Lipinski definition) is 8. The topological polar surface area (TPSA) is 167 Å². The number of non-ortho nitro benzene ring substituents is 1. The fourth-order valence-electron chi connectivity index (χ4n) is 3.38. The molecule has 1 heterocycles. The van der Waals surface area contributed by atoms with Crippen molar-refractivity contribution in [3.05, 3.63) is 64.2 Å². The number of ketones is 1. The molecule has 0 spiro atoms. The first-order chi connectivity index (χ1) is 14.6. The Morgan fingerprint density at radius 3 is 2.39 bits per heavy atom. The van der Waals surface area contributed by atoms with Crippen LogP contribution in [0.3, 0.4) is 0 Å². The maximum absolute atomic E-state index is 12.8. The van der Waals surface area contributed by atoms with Crippen molar-refractivity contribution in [2.75, 3.05) is 11.5 Å². The Labute approximate surface area is 176 Å². The third-order valence-corrected chi connectivity index (χ3v) is 5.64. The van der Waals surface area contributed by atoms with Crippen LogP contribution in [0.25, 0.3) is 0 Å². The second-order valence-corrected chi connectivity index (χ2v) is 8.17. The molecular formula is C19H17N3O8S. The van der Waals surface area contributed by atoms with Crippen molar-refractivity contribution in [2.45, 2.75) is 17.9 Å². The zero-order chi connectivity index (χ0) is 22.9. The van der Waals surface area contributed by atoms with E-state index in [-0.39, 0.29) is 28.4 Å². The number of rotatable bonds is 6. The quantitative estimate of drug-likeness (QED) is 0.226. The van der Waals surface area contributed by atoms with Gasteiger partial charge in [0, 0.05) is 17.8 Å². The summed E-state index contributed by atoms with van der Waals surface area (Å²) in [4.78, 5) is 49.3. The number of anilines is 1. The Morgan fingerprint density at radius 2 is 1.84 bits per heavy atom. The number of benzene rings is 2. The molecule has 1 fully saturated rings. The first-order valence-corrected chi connectivity index (χ1v) is 10.5. The summed E-state index contributed by atoms with van der Waals surface area (Å²) in [5.41, 5.74) is -0.0209. The zero-order valence-electron chi connectivity index (χ0n) is 16.1. The number of primary sulfonamides is 1. The number of carbonyl (C=O) groups excluding carboxylic acids is 3. The predicted molar refractivity (Wildman–Crippen MR) is 106 cm³/mol. The Hall–Kier alpha value is -3.64. The number of Topliss-reactive ketones (excluding diaryl/α,β-unsaturated/α-hetero) is 1. The molecule has 2 atom stereocenters. The van der Waals surface area contributed by atoms with Gasteiger partial charge in [0.15, 0.2) is 0 Å². The zero-order valence-corrected chi connectivity index (χ0v) is 16.9. The van der Waals surface area contributed by atoms with Crippen LogP contribution in [0.5, 0.6) is 0 Å². The van der Waals surface area contributed by atoms with Crippen LogP contribution in [0.4, 0.5) is 11.4 Å². The standard InChI is InChI=1S/C19H17N3O8S/c1-2-30-19(25)15-16(11-4-3-5-13(10-11)22(26)27)21(18(24)17(15)23)12-6-8-14(9-7-12)31(20,28)29/h3-10,15-16H,2H2,1H3,(H2,20,28,29)/t15-,16-/m0/s1. The highest BCUT2D eigenvalue weighted by Gasteiger charge is 2.53. The number of nitrogens with zero attached hydrogens (tertiary/aromatic N) is 2. The molecule has 31 heavy (non-hydrogen) atoms. The second kappa shape index (κ2) is 8.24. The summed E-state index contributed by atoms with van der Waals surface area (Å²) in [7, 11) is -4.00. The fourth-order valence-corrected chi connectivity index (χ4v) is 3.89. The van der Waals surface area contributed by atoms with Gasteiger partial charge in [0.2, 0.25) is 15.8 Å². The summed E-state index contributed by atoms with van der Waals surface area (Å²) < 4.78 is 28.0. The number of ether oxygens (including phenoxy) is 1. The molecule has 11 nitrogen and oxygen atoms in total. The number of nitrogens with two attached hydrogens (primary N) is 1. The highest BCUT2D eigenvalue weighted by Crippen LogP contribution is 2.41. The Kier molecular flexibility index (Phi) is 5.86. The molecule has 0 saturated carbocycles. The van der Waals surface area contributed by atoms with Crippen LogP contribution in [-0.4, -0.2) is 37.6 Å². The number of amides is 1. The summed E-state index contributed by atoms with van der Waals surface area (Å²) in [6, 6.07) is 8.77. The Bertz CT molecular complexity index is 1180. The molecule has 0 aromatic heterocycles. The van der Waals surface area contributed by atoms with E-state index in [0.29, 0.717) is 0 Å². The first-order valence-electron chi connectivity index (χ1n) is 8.97. The van der Waals surface area contributed by atoms with Crippen molar-refractivity contribution in [3.63, 3.8) is 0 Å². The van der Waals surface area contributed by atoms with E-state index in [1.165, 1.54) is 37.3 Å². The number of nitro benzene ring substituents is 1. The van der Waals surface area contributed by atoms with Gasteiger partial charge in [-0.3, -0.25) is 29.4 Å². The lowest BCUT2D eigenvalue weighted by Gasteiger charge is -2.27. The van der Waals surface area contributed by atoms with Crippen molar-refractivity contribution in [1.82, 2.24) is 0 Å². The minimum absolute atomic E-state index is 0.0402. The van der Waals surface area contributed by atoms with Crippen molar-refractivity contribution in [2.24, 2.45) is 11.1 Å². The van der Waals surface area contributed by atoms with Gasteiger partial charge >= 0.3 is 5.97 Å². The Balaban J connectivity index is 2.16. The van der Waals surface area contributed by atoms with Gasteiger partial charge in [-0.25, -0.2) is 13.6 Å². The largest absolute Gasteiger partial charge is 0.465 e. The van der Waals surface area contributed by atoms with Gasteiger partial charge in [-0.05, 0) is 36.8 Å². The van der Waals surface area contributed by atoms with E-state index < -0.39 is 44.6 Å². The molecule has 2 N–H and O–H groups in total. The molecule has 1 aliphatic rings. The van der Waals surface area contributed by atoms with Crippen LogP contribution in [0.2, 0.25) is 0 Å². The molecule has 3 rings (SSSR count). The molecule has 2 aromatic rings. The highest BCUT2D eigenvalue weighted by molar-refractivity contribution is 7.89. The first kappa shape index (κ1) is 22.1. The van der Waals surface area contributed by atoms with Crippen LogP contribution in [0.15, 0.2) is 53.4 Å². The van der Waals surface area contributed by atoms with Crippen molar-refractivity contribution < 1.29 is 32.5 Å². The van der Waals surface area contributed by atoms with Crippen LogP contribution in [0.1, 0.15) is 18.5 Å². The molecule has 1 aliphatic heterocycles. The van der Waals surface area contributed by atoms with Crippen molar-refractivity contribution >= 4 is 39.1 Å². The maximum atomic E-state index is 12.8. The molecule has 2 aromatic carbocycles.